The van der Waals surface area contributed by atoms with Crippen LogP contribution < -0.4 is 0 Å². The van der Waals surface area contributed by atoms with Crippen LogP contribution in [0.3, 0.4) is 0 Å². The summed E-state index contributed by atoms with van der Waals surface area (Å²) in [7, 11) is 0. The lowest BCUT2D eigenvalue weighted by atomic mass is 10.1. The van der Waals surface area contributed by atoms with E-state index in [1.165, 1.54) is 23.5 Å². The molecule has 1 heterocycles. The van der Waals surface area contributed by atoms with E-state index in [2.05, 4.69) is 4.98 Å². The third-order valence-corrected chi connectivity index (χ3v) is 4.45. The summed E-state index contributed by atoms with van der Waals surface area (Å²) in [6, 6.07) is 9.84. The first-order chi connectivity index (χ1) is 10.6. The predicted octanol–water partition coefficient (Wildman–Crippen LogP) is 4.79. The number of nitrogens with zero attached hydrogens (tertiary/aromatic N) is 1. The third-order valence-electron chi connectivity index (χ3n) is 3.10. The number of aromatic hydroxyl groups is 1. The molecule has 1 N–H and O–H groups in total. The van der Waals surface area contributed by atoms with Crippen LogP contribution in [0, 0.1) is 5.82 Å². The minimum Gasteiger partial charge on any atom is -0.504 e. The fourth-order valence-electron chi connectivity index (χ4n) is 1.99. The molecule has 3 aromatic rings. The summed E-state index contributed by atoms with van der Waals surface area (Å²) in [6.45, 7) is 0. The number of benzene rings is 2. The van der Waals surface area contributed by atoms with Crippen molar-refractivity contribution in [2.75, 3.05) is 0 Å². The summed E-state index contributed by atoms with van der Waals surface area (Å²) < 4.78 is 13.6. The molecule has 110 valence electrons. The van der Waals surface area contributed by atoms with Crippen LogP contribution in [0.15, 0.2) is 42.6 Å². The van der Waals surface area contributed by atoms with E-state index in [1.54, 1.807) is 18.3 Å². The van der Waals surface area contributed by atoms with Crippen molar-refractivity contribution >= 4 is 29.2 Å². The van der Waals surface area contributed by atoms with Gasteiger partial charge < -0.3 is 5.11 Å². The fraction of sp³-hybridized carbons (Fsp3) is 0. The molecule has 0 unspecified atom stereocenters. The maximum atomic E-state index is 13.6. The molecule has 22 heavy (non-hydrogen) atoms. The molecule has 0 bridgehead atoms. The molecule has 0 fully saturated rings. The lowest BCUT2D eigenvalue weighted by Crippen LogP contribution is -1.87. The number of aldehydes is 1. The van der Waals surface area contributed by atoms with Gasteiger partial charge >= 0.3 is 0 Å². The highest BCUT2D eigenvalue weighted by atomic mass is 35.5. The Balaban J connectivity index is 2.02. The first-order valence-corrected chi connectivity index (χ1v) is 7.48. The SMILES string of the molecule is O=Cc1cc(-c2cnc(-c3ccc(Cl)cc3)s2)cc(F)c1O. The molecule has 0 spiro atoms. The first kappa shape index (κ1) is 14.7. The number of aromatic nitrogens is 1. The van der Waals surface area contributed by atoms with Gasteiger partial charge in [-0.1, -0.05) is 23.7 Å². The standard InChI is InChI=1S/C16H9ClFNO2S/c17-12-3-1-9(2-4-12)16-19-7-14(22-16)10-5-11(8-20)15(21)13(18)6-10/h1-8,21H. The molecule has 0 atom stereocenters. The van der Waals surface area contributed by atoms with E-state index in [1.807, 2.05) is 12.1 Å². The Morgan fingerprint density at radius 2 is 1.91 bits per heavy atom. The second-order valence-corrected chi connectivity index (χ2v) is 6.02. The molecule has 0 aliphatic carbocycles. The summed E-state index contributed by atoms with van der Waals surface area (Å²) >= 11 is 7.21. The number of rotatable bonds is 3. The van der Waals surface area contributed by atoms with Crippen molar-refractivity contribution < 1.29 is 14.3 Å². The minimum absolute atomic E-state index is 0.0866. The van der Waals surface area contributed by atoms with E-state index < -0.39 is 11.6 Å². The van der Waals surface area contributed by atoms with E-state index in [4.69, 9.17) is 11.6 Å². The summed E-state index contributed by atoms with van der Waals surface area (Å²) in [5.41, 5.74) is 1.31. The van der Waals surface area contributed by atoms with E-state index in [0.29, 0.717) is 21.7 Å². The third kappa shape index (κ3) is 2.73. The molecule has 0 radical (unpaired) electrons. The van der Waals surface area contributed by atoms with Crippen LogP contribution in [0.1, 0.15) is 10.4 Å². The van der Waals surface area contributed by atoms with Crippen LogP contribution in [0.4, 0.5) is 4.39 Å². The molecule has 2 aromatic carbocycles. The van der Waals surface area contributed by atoms with Crippen LogP contribution in [0.25, 0.3) is 21.0 Å². The normalized spacial score (nSPS) is 10.6. The maximum Gasteiger partial charge on any atom is 0.166 e. The van der Waals surface area contributed by atoms with Crippen molar-refractivity contribution in [3.8, 4) is 26.8 Å². The Morgan fingerprint density at radius 1 is 1.18 bits per heavy atom. The highest BCUT2D eigenvalue weighted by Gasteiger charge is 2.13. The van der Waals surface area contributed by atoms with Gasteiger partial charge in [0.2, 0.25) is 0 Å². The second kappa shape index (κ2) is 5.87. The zero-order valence-electron chi connectivity index (χ0n) is 11.1. The summed E-state index contributed by atoms with van der Waals surface area (Å²) in [5.74, 6) is -1.47. The quantitative estimate of drug-likeness (QED) is 0.701. The van der Waals surface area contributed by atoms with Gasteiger partial charge in [-0.2, -0.15) is 0 Å². The number of thiazole rings is 1. The van der Waals surface area contributed by atoms with Crippen molar-refractivity contribution in [2.24, 2.45) is 0 Å². The van der Waals surface area contributed by atoms with Crippen molar-refractivity contribution in [3.05, 3.63) is 59.0 Å². The molecule has 0 saturated heterocycles. The van der Waals surface area contributed by atoms with Gasteiger partial charge in [0.15, 0.2) is 17.9 Å². The Hall–Kier alpha value is -2.24. The molecule has 6 heteroatoms. The average Bonchev–Trinajstić information content (AvgIpc) is 3.00. The van der Waals surface area contributed by atoms with E-state index in [-0.39, 0.29) is 5.56 Å². The molecule has 0 saturated carbocycles. The second-order valence-electron chi connectivity index (χ2n) is 4.55. The summed E-state index contributed by atoms with van der Waals surface area (Å²) in [6.07, 6.45) is 2.03. The summed E-state index contributed by atoms with van der Waals surface area (Å²) in [4.78, 5) is 15.9. The Bertz CT molecular complexity index is 846. The smallest absolute Gasteiger partial charge is 0.166 e. The lowest BCUT2D eigenvalue weighted by molar-refractivity contribution is 0.112. The first-order valence-electron chi connectivity index (χ1n) is 6.28. The fourth-order valence-corrected chi connectivity index (χ4v) is 3.02. The Kier molecular flexibility index (Phi) is 3.92. The average molecular weight is 334 g/mol. The molecule has 0 amide bonds. The van der Waals surface area contributed by atoms with Crippen LogP contribution in [0.5, 0.6) is 5.75 Å². The minimum atomic E-state index is -0.832. The van der Waals surface area contributed by atoms with Crippen molar-refractivity contribution in [1.82, 2.24) is 4.98 Å². The monoisotopic (exact) mass is 333 g/mol. The molecular weight excluding hydrogens is 325 g/mol. The van der Waals surface area contributed by atoms with Crippen LogP contribution in [-0.4, -0.2) is 16.4 Å². The Morgan fingerprint density at radius 3 is 2.59 bits per heavy atom. The lowest BCUT2D eigenvalue weighted by Gasteiger charge is -2.02. The predicted molar refractivity (Wildman–Crippen MR) is 85.0 cm³/mol. The van der Waals surface area contributed by atoms with Crippen LogP contribution >= 0.6 is 22.9 Å². The Labute approximate surface area is 134 Å². The van der Waals surface area contributed by atoms with Gasteiger partial charge in [-0.05, 0) is 29.8 Å². The van der Waals surface area contributed by atoms with Crippen molar-refractivity contribution in [1.29, 1.82) is 0 Å². The molecule has 3 nitrogen and oxygen atoms in total. The number of hydrogen-bond acceptors (Lipinski definition) is 4. The zero-order chi connectivity index (χ0) is 15.7. The molecule has 3 rings (SSSR count). The van der Waals surface area contributed by atoms with Gasteiger partial charge in [-0.3, -0.25) is 4.79 Å². The number of halogens is 2. The van der Waals surface area contributed by atoms with Crippen molar-refractivity contribution in [3.63, 3.8) is 0 Å². The van der Waals surface area contributed by atoms with E-state index >= 15 is 0 Å². The van der Waals surface area contributed by atoms with Gasteiger partial charge in [0.25, 0.3) is 0 Å². The molecule has 0 aliphatic rings. The number of phenolic OH excluding ortho intramolecular Hbond substituents is 1. The van der Waals surface area contributed by atoms with Gasteiger partial charge in [0.1, 0.15) is 5.01 Å². The topological polar surface area (TPSA) is 50.2 Å². The van der Waals surface area contributed by atoms with Gasteiger partial charge in [0.05, 0.1) is 10.4 Å². The van der Waals surface area contributed by atoms with Gasteiger partial charge in [-0.25, -0.2) is 9.37 Å². The van der Waals surface area contributed by atoms with Crippen LogP contribution in [-0.2, 0) is 0 Å². The number of phenols is 1. The number of carbonyl (C=O) groups is 1. The molecule has 1 aromatic heterocycles. The van der Waals surface area contributed by atoms with Gasteiger partial charge in [-0.15, -0.1) is 11.3 Å². The zero-order valence-corrected chi connectivity index (χ0v) is 12.7. The van der Waals surface area contributed by atoms with Crippen molar-refractivity contribution in [2.45, 2.75) is 0 Å². The van der Waals surface area contributed by atoms with E-state index in [0.717, 1.165) is 10.6 Å². The number of carbonyl (C=O) groups excluding carboxylic acids is 1. The molecular formula is C16H9ClFNO2S. The largest absolute Gasteiger partial charge is 0.504 e. The highest BCUT2D eigenvalue weighted by molar-refractivity contribution is 7.18. The summed E-state index contributed by atoms with van der Waals surface area (Å²) in [5, 5.41) is 10.8. The van der Waals surface area contributed by atoms with E-state index in [9.17, 15) is 14.3 Å². The van der Waals surface area contributed by atoms with Crippen LogP contribution in [0.2, 0.25) is 5.02 Å². The highest BCUT2D eigenvalue weighted by Crippen LogP contribution is 2.35. The maximum absolute atomic E-state index is 13.6. The van der Waals surface area contributed by atoms with Gasteiger partial charge in [0, 0.05) is 16.8 Å². The molecule has 0 aliphatic heterocycles. The number of hydrogen-bond donors (Lipinski definition) is 1.